The number of aliphatic hydroxyl groups excluding tert-OH is 1. The Kier molecular flexibility index (Phi) is 4.40. The van der Waals surface area contributed by atoms with Gasteiger partial charge in [0, 0.05) is 12.6 Å². The number of hydrogen-bond donors (Lipinski definition) is 1. The van der Waals surface area contributed by atoms with E-state index in [9.17, 15) is 5.11 Å². The van der Waals surface area contributed by atoms with Crippen LogP contribution < -0.4 is 4.74 Å². The van der Waals surface area contributed by atoms with E-state index in [-0.39, 0.29) is 12.6 Å². The summed E-state index contributed by atoms with van der Waals surface area (Å²) in [5, 5.41) is 11.6. The van der Waals surface area contributed by atoms with Crippen LogP contribution in [0.3, 0.4) is 0 Å². The summed E-state index contributed by atoms with van der Waals surface area (Å²) in [6.07, 6.45) is 0.745. The fraction of sp³-hybridized carbons (Fsp3) is 0.375. The molecule has 2 aromatic carbocycles. The van der Waals surface area contributed by atoms with Crippen LogP contribution in [0.25, 0.3) is 10.8 Å². The lowest BCUT2D eigenvalue weighted by Gasteiger charge is -2.24. The van der Waals surface area contributed by atoms with Gasteiger partial charge in [-0.2, -0.15) is 0 Å². The number of hydrogen-bond acceptors (Lipinski definition) is 3. The number of nitrogens with zero attached hydrogens (tertiary/aromatic N) is 1. The van der Waals surface area contributed by atoms with Gasteiger partial charge < -0.3 is 14.7 Å². The Labute approximate surface area is 114 Å². The Bertz CT molecular complexity index is 551. The molecule has 0 aliphatic rings. The van der Waals surface area contributed by atoms with Gasteiger partial charge in [-0.15, -0.1) is 0 Å². The predicted octanol–water partition coefficient (Wildman–Crippen LogP) is 2.83. The Morgan fingerprint density at radius 2 is 1.79 bits per heavy atom. The van der Waals surface area contributed by atoms with Gasteiger partial charge in [0.15, 0.2) is 0 Å². The highest BCUT2D eigenvalue weighted by Crippen LogP contribution is 2.27. The van der Waals surface area contributed by atoms with E-state index in [4.69, 9.17) is 4.74 Å². The first-order valence-corrected chi connectivity index (χ1v) is 6.50. The molecule has 0 heterocycles. The lowest BCUT2D eigenvalue weighted by atomic mass is 9.99. The topological polar surface area (TPSA) is 32.7 Å². The average Bonchev–Trinajstić information content (AvgIpc) is 2.43. The maximum Gasteiger partial charge on any atom is 0.119 e. The lowest BCUT2D eigenvalue weighted by Crippen LogP contribution is -2.20. The minimum Gasteiger partial charge on any atom is -0.497 e. The number of ether oxygens (including phenoxy) is 1. The monoisotopic (exact) mass is 259 g/mol. The van der Waals surface area contributed by atoms with Crippen molar-refractivity contribution in [1.29, 1.82) is 0 Å². The molecule has 0 aliphatic carbocycles. The Morgan fingerprint density at radius 1 is 1.11 bits per heavy atom. The van der Waals surface area contributed by atoms with Crippen LogP contribution in [0.4, 0.5) is 0 Å². The van der Waals surface area contributed by atoms with E-state index in [2.05, 4.69) is 29.2 Å². The smallest absolute Gasteiger partial charge is 0.119 e. The standard InChI is InChI=1S/C16H21NO2/c1-17(2)16(8-9-18)14-5-4-13-11-15(19-3)7-6-12(13)10-14/h4-7,10-11,16,18H,8-9H2,1-3H3. The lowest BCUT2D eigenvalue weighted by molar-refractivity contribution is 0.211. The first-order chi connectivity index (χ1) is 9.15. The van der Waals surface area contributed by atoms with Gasteiger partial charge in [0.25, 0.3) is 0 Å². The second kappa shape index (κ2) is 6.04. The third-order valence-electron chi connectivity index (χ3n) is 3.48. The number of aliphatic hydroxyl groups is 1. The van der Waals surface area contributed by atoms with Crippen LogP contribution in [-0.4, -0.2) is 37.8 Å². The van der Waals surface area contributed by atoms with E-state index in [1.54, 1.807) is 7.11 Å². The zero-order valence-corrected chi connectivity index (χ0v) is 11.8. The molecule has 1 unspecified atom stereocenters. The van der Waals surface area contributed by atoms with Crippen LogP contribution >= 0.6 is 0 Å². The van der Waals surface area contributed by atoms with E-state index >= 15 is 0 Å². The molecule has 3 nitrogen and oxygen atoms in total. The molecule has 102 valence electrons. The van der Waals surface area contributed by atoms with Crippen molar-refractivity contribution in [3.05, 3.63) is 42.0 Å². The molecular formula is C16H21NO2. The number of fused-ring (bicyclic) bond motifs is 1. The predicted molar refractivity (Wildman–Crippen MR) is 78.6 cm³/mol. The van der Waals surface area contributed by atoms with Gasteiger partial charge >= 0.3 is 0 Å². The molecule has 0 amide bonds. The van der Waals surface area contributed by atoms with Crippen molar-refractivity contribution < 1.29 is 9.84 Å². The molecular weight excluding hydrogens is 238 g/mol. The van der Waals surface area contributed by atoms with Gasteiger partial charge in [-0.1, -0.05) is 18.2 Å². The molecule has 0 saturated heterocycles. The molecule has 0 spiro atoms. The summed E-state index contributed by atoms with van der Waals surface area (Å²) >= 11 is 0. The van der Waals surface area contributed by atoms with Crippen molar-refractivity contribution >= 4 is 10.8 Å². The molecule has 2 aromatic rings. The summed E-state index contributed by atoms with van der Waals surface area (Å²) in [7, 11) is 5.76. The number of benzene rings is 2. The Morgan fingerprint density at radius 3 is 2.42 bits per heavy atom. The van der Waals surface area contributed by atoms with Gasteiger partial charge in [-0.3, -0.25) is 0 Å². The first kappa shape index (κ1) is 13.8. The summed E-state index contributed by atoms with van der Waals surface area (Å²) in [5.41, 5.74) is 1.23. The van der Waals surface area contributed by atoms with Crippen LogP contribution in [0.5, 0.6) is 5.75 Å². The van der Waals surface area contributed by atoms with Crippen molar-refractivity contribution in [2.45, 2.75) is 12.5 Å². The minimum atomic E-state index is 0.198. The van der Waals surface area contributed by atoms with Gasteiger partial charge in [-0.25, -0.2) is 0 Å². The van der Waals surface area contributed by atoms with E-state index < -0.39 is 0 Å². The average molecular weight is 259 g/mol. The second-order valence-electron chi connectivity index (χ2n) is 4.96. The minimum absolute atomic E-state index is 0.198. The third-order valence-corrected chi connectivity index (χ3v) is 3.48. The molecule has 0 aromatic heterocycles. The summed E-state index contributed by atoms with van der Waals surface area (Å²) in [6, 6.07) is 12.8. The Hall–Kier alpha value is -1.58. The first-order valence-electron chi connectivity index (χ1n) is 6.50. The van der Waals surface area contributed by atoms with Crippen LogP contribution in [-0.2, 0) is 0 Å². The molecule has 0 bridgehead atoms. The maximum atomic E-state index is 9.19. The maximum absolute atomic E-state index is 9.19. The van der Waals surface area contributed by atoms with E-state index in [1.807, 2.05) is 26.2 Å². The Balaban J connectivity index is 2.40. The van der Waals surface area contributed by atoms with Crippen molar-refractivity contribution in [2.24, 2.45) is 0 Å². The molecule has 3 heteroatoms. The largest absolute Gasteiger partial charge is 0.497 e. The second-order valence-corrected chi connectivity index (χ2v) is 4.96. The quantitative estimate of drug-likeness (QED) is 0.896. The zero-order chi connectivity index (χ0) is 13.8. The van der Waals surface area contributed by atoms with Crippen LogP contribution in [0.1, 0.15) is 18.0 Å². The summed E-state index contributed by atoms with van der Waals surface area (Å²) in [5.74, 6) is 0.875. The molecule has 2 rings (SSSR count). The van der Waals surface area contributed by atoms with Crippen LogP contribution in [0.2, 0.25) is 0 Å². The molecule has 0 aliphatic heterocycles. The summed E-state index contributed by atoms with van der Waals surface area (Å²) in [6.45, 7) is 0.198. The molecule has 0 fully saturated rings. The summed E-state index contributed by atoms with van der Waals surface area (Å²) in [4.78, 5) is 2.14. The van der Waals surface area contributed by atoms with Gasteiger partial charge in [0.05, 0.1) is 7.11 Å². The molecule has 19 heavy (non-hydrogen) atoms. The van der Waals surface area contributed by atoms with Crippen molar-refractivity contribution in [3.63, 3.8) is 0 Å². The van der Waals surface area contributed by atoms with Gasteiger partial charge in [0.2, 0.25) is 0 Å². The van der Waals surface area contributed by atoms with Crippen LogP contribution in [0.15, 0.2) is 36.4 Å². The summed E-state index contributed by atoms with van der Waals surface area (Å²) < 4.78 is 5.24. The third kappa shape index (κ3) is 3.06. The number of rotatable bonds is 5. The SMILES string of the molecule is COc1ccc2cc(C(CCO)N(C)C)ccc2c1. The van der Waals surface area contributed by atoms with Crippen molar-refractivity contribution in [3.8, 4) is 5.75 Å². The van der Waals surface area contributed by atoms with Crippen molar-refractivity contribution in [1.82, 2.24) is 4.90 Å². The highest BCUT2D eigenvalue weighted by atomic mass is 16.5. The highest BCUT2D eigenvalue weighted by Gasteiger charge is 2.13. The molecule has 1 atom stereocenters. The molecule has 0 saturated carbocycles. The van der Waals surface area contributed by atoms with E-state index in [0.717, 1.165) is 12.2 Å². The normalized spacial score (nSPS) is 12.9. The van der Waals surface area contributed by atoms with E-state index in [1.165, 1.54) is 16.3 Å². The van der Waals surface area contributed by atoms with Crippen molar-refractivity contribution in [2.75, 3.05) is 27.8 Å². The van der Waals surface area contributed by atoms with Gasteiger partial charge in [-0.05, 0) is 55.1 Å². The number of methoxy groups -OCH3 is 1. The fourth-order valence-corrected chi connectivity index (χ4v) is 2.42. The van der Waals surface area contributed by atoms with Crippen LogP contribution in [0, 0.1) is 0 Å². The van der Waals surface area contributed by atoms with Gasteiger partial charge in [0.1, 0.15) is 5.75 Å². The van der Waals surface area contributed by atoms with E-state index in [0.29, 0.717) is 0 Å². The fourth-order valence-electron chi connectivity index (χ4n) is 2.42. The highest BCUT2D eigenvalue weighted by molar-refractivity contribution is 5.84. The zero-order valence-electron chi connectivity index (χ0n) is 11.8. The molecule has 1 N–H and O–H groups in total. The molecule has 0 radical (unpaired) electrons.